The molecule has 0 fully saturated rings. The molecule has 2 heterocycles. The van der Waals surface area contributed by atoms with Gasteiger partial charge in [0.25, 0.3) is 0 Å². The topological polar surface area (TPSA) is 30.7 Å². The van der Waals surface area contributed by atoms with E-state index in [4.69, 9.17) is 23.2 Å². The highest BCUT2D eigenvalue weighted by Gasteiger charge is 2.06. The molecule has 0 amide bonds. The van der Waals surface area contributed by atoms with E-state index in [9.17, 15) is 0 Å². The summed E-state index contributed by atoms with van der Waals surface area (Å²) in [5.41, 5.74) is 0.943. The second-order valence-corrected chi connectivity index (χ2v) is 4.15. The minimum Gasteiger partial charge on any atom is -0.330 e. The maximum atomic E-state index is 6.01. The van der Waals surface area contributed by atoms with Crippen LogP contribution in [0.1, 0.15) is 18.3 Å². The minimum absolute atomic E-state index is 0.412. The number of imidazole rings is 1. The molecule has 0 aliphatic rings. The van der Waals surface area contributed by atoms with E-state index in [1.807, 2.05) is 12.3 Å². The van der Waals surface area contributed by atoms with E-state index < -0.39 is 0 Å². The number of aromatic nitrogens is 3. The molecule has 2 aromatic heterocycles. The van der Waals surface area contributed by atoms with E-state index in [1.54, 1.807) is 12.3 Å². The van der Waals surface area contributed by atoms with Crippen molar-refractivity contribution >= 4 is 23.2 Å². The predicted molar refractivity (Wildman–Crippen MR) is 65.0 cm³/mol. The van der Waals surface area contributed by atoms with Crippen LogP contribution in [0.4, 0.5) is 0 Å². The molecular weight excluding hydrogens is 245 g/mol. The third-order valence-corrected chi connectivity index (χ3v) is 2.89. The first-order valence-corrected chi connectivity index (χ1v) is 5.77. The summed E-state index contributed by atoms with van der Waals surface area (Å²) in [5, 5.41) is 0.860. The van der Waals surface area contributed by atoms with E-state index in [0.717, 1.165) is 17.8 Å². The van der Waals surface area contributed by atoms with Crippen molar-refractivity contribution in [2.75, 3.05) is 0 Å². The fourth-order valence-electron chi connectivity index (χ4n) is 1.54. The van der Waals surface area contributed by atoms with Gasteiger partial charge in [0.2, 0.25) is 0 Å². The Bertz CT molecular complexity index is 494. The summed E-state index contributed by atoms with van der Waals surface area (Å²) < 4.78 is 2.05. The van der Waals surface area contributed by atoms with Crippen LogP contribution >= 0.6 is 23.2 Å². The normalized spacial score (nSPS) is 10.7. The number of rotatable bonds is 3. The lowest BCUT2D eigenvalue weighted by molar-refractivity contribution is 0.730. The molecule has 0 bridgehead atoms. The highest BCUT2D eigenvalue weighted by Crippen LogP contribution is 2.18. The fraction of sp³-hybridized carbons (Fsp3) is 0.273. The van der Waals surface area contributed by atoms with Crippen LogP contribution in [0.15, 0.2) is 24.5 Å². The molecule has 0 aromatic carbocycles. The van der Waals surface area contributed by atoms with E-state index in [2.05, 4.69) is 21.5 Å². The Hall–Kier alpha value is -1.06. The molecule has 0 radical (unpaired) electrons. The van der Waals surface area contributed by atoms with Crippen LogP contribution in [0.3, 0.4) is 0 Å². The van der Waals surface area contributed by atoms with Crippen molar-refractivity contribution in [1.82, 2.24) is 14.5 Å². The van der Waals surface area contributed by atoms with Gasteiger partial charge in [0.05, 0.1) is 6.54 Å². The SMILES string of the molecule is CCc1nccn1Cc1ccc(Cl)nc1Cl. The van der Waals surface area contributed by atoms with Gasteiger partial charge in [-0.05, 0) is 6.07 Å². The molecule has 2 aromatic rings. The molecular formula is C11H11Cl2N3. The molecule has 2 rings (SSSR count). The van der Waals surface area contributed by atoms with E-state index in [0.29, 0.717) is 16.9 Å². The Kier molecular flexibility index (Phi) is 3.46. The summed E-state index contributed by atoms with van der Waals surface area (Å²) in [6.07, 6.45) is 4.62. The van der Waals surface area contributed by atoms with Gasteiger partial charge < -0.3 is 4.57 Å². The lowest BCUT2D eigenvalue weighted by atomic mass is 10.3. The van der Waals surface area contributed by atoms with Gasteiger partial charge in [0.1, 0.15) is 16.1 Å². The number of pyridine rings is 1. The minimum atomic E-state index is 0.412. The van der Waals surface area contributed by atoms with Crippen LogP contribution in [0.25, 0.3) is 0 Å². The molecule has 0 atom stereocenters. The average Bonchev–Trinajstić information content (AvgIpc) is 2.69. The Morgan fingerprint density at radius 1 is 1.31 bits per heavy atom. The van der Waals surface area contributed by atoms with Crippen LogP contribution in [0.2, 0.25) is 10.3 Å². The van der Waals surface area contributed by atoms with Crippen molar-refractivity contribution < 1.29 is 0 Å². The summed E-state index contributed by atoms with van der Waals surface area (Å²) in [7, 11) is 0. The molecule has 0 unspecified atom stereocenters. The first-order valence-electron chi connectivity index (χ1n) is 5.01. The first kappa shape index (κ1) is 11.4. The summed E-state index contributed by atoms with van der Waals surface area (Å²) in [6.45, 7) is 2.74. The van der Waals surface area contributed by atoms with Gasteiger partial charge in [-0.15, -0.1) is 0 Å². The smallest absolute Gasteiger partial charge is 0.135 e. The Morgan fingerprint density at radius 2 is 2.12 bits per heavy atom. The zero-order chi connectivity index (χ0) is 11.5. The summed E-state index contributed by atoms with van der Waals surface area (Å²) in [6, 6.07) is 3.63. The van der Waals surface area contributed by atoms with Gasteiger partial charge in [-0.3, -0.25) is 0 Å². The van der Waals surface area contributed by atoms with Crippen LogP contribution in [-0.2, 0) is 13.0 Å². The monoisotopic (exact) mass is 255 g/mol. The van der Waals surface area contributed by atoms with E-state index in [1.165, 1.54) is 0 Å². The summed E-state index contributed by atoms with van der Waals surface area (Å²) in [5.74, 6) is 1.03. The van der Waals surface area contributed by atoms with Crippen LogP contribution in [-0.4, -0.2) is 14.5 Å². The van der Waals surface area contributed by atoms with Crippen LogP contribution in [0, 0.1) is 0 Å². The third-order valence-electron chi connectivity index (χ3n) is 2.35. The lowest BCUT2D eigenvalue weighted by Gasteiger charge is -2.07. The number of nitrogens with zero attached hydrogens (tertiary/aromatic N) is 3. The van der Waals surface area contributed by atoms with Gasteiger partial charge in [-0.1, -0.05) is 36.2 Å². The van der Waals surface area contributed by atoms with Gasteiger partial charge in [-0.25, -0.2) is 9.97 Å². The molecule has 84 valence electrons. The average molecular weight is 256 g/mol. The van der Waals surface area contributed by atoms with Crippen molar-refractivity contribution in [1.29, 1.82) is 0 Å². The largest absolute Gasteiger partial charge is 0.330 e. The number of aryl methyl sites for hydroxylation is 1. The maximum absolute atomic E-state index is 6.01. The van der Waals surface area contributed by atoms with Gasteiger partial charge in [-0.2, -0.15) is 0 Å². The third kappa shape index (κ3) is 2.36. The molecule has 0 aliphatic carbocycles. The molecule has 5 heteroatoms. The van der Waals surface area contributed by atoms with Crippen molar-refractivity contribution in [2.24, 2.45) is 0 Å². The van der Waals surface area contributed by atoms with Crippen molar-refractivity contribution in [3.63, 3.8) is 0 Å². The predicted octanol–water partition coefficient (Wildman–Crippen LogP) is 3.20. The standard InChI is InChI=1S/C11H11Cl2N3/c1-2-10-14-5-6-16(10)7-8-3-4-9(12)15-11(8)13/h3-6H,2,7H2,1H3. The van der Waals surface area contributed by atoms with Gasteiger partial charge in [0.15, 0.2) is 0 Å². The van der Waals surface area contributed by atoms with Crippen molar-refractivity contribution in [3.8, 4) is 0 Å². The molecule has 0 spiro atoms. The van der Waals surface area contributed by atoms with E-state index in [-0.39, 0.29) is 0 Å². The lowest BCUT2D eigenvalue weighted by Crippen LogP contribution is -2.04. The van der Waals surface area contributed by atoms with Crippen LogP contribution < -0.4 is 0 Å². The highest BCUT2D eigenvalue weighted by molar-refractivity contribution is 6.32. The molecule has 0 N–H and O–H groups in total. The molecule has 0 saturated carbocycles. The van der Waals surface area contributed by atoms with Crippen LogP contribution in [0.5, 0.6) is 0 Å². The summed E-state index contributed by atoms with van der Waals surface area (Å²) in [4.78, 5) is 8.26. The summed E-state index contributed by atoms with van der Waals surface area (Å²) >= 11 is 11.8. The fourth-order valence-corrected chi connectivity index (χ4v) is 1.95. The zero-order valence-corrected chi connectivity index (χ0v) is 10.3. The second-order valence-electron chi connectivity index (χ2n) is 3.41. The maximum Gasteiger partial charge on any atom is 0.135 e. The van der Waals surface area contributed by atoms with Gasteiger partial charge in [0, 0.05) is 24.4 Å². The Balaban J connectivity index is 2.27. The number of halogens is 2. The number of hydrogen-bond acceptors (Lipinski definition) is 2. The first-order chi connectivity index (χ1) is 7.70. The van der Waals surface area contributed by atoms with E-state index >= 15 is 0 Å². The quantitative estimate of drug-likeness (QED) is 0.789. The zero-order valence-electron chi connectivity index (χ0n) is 8.82. The molecule has 0 saturated heterocycles. The highest BCUT2D eigenvalue weighted by atomic mass is 35.5. The Labute approximate surface area is 104 Å². The molecule has 3 nitrogen and oxygen atoms in total. The van der Waals surface area contributed by atoms with Crippen molar-refractivity contribution in [3.05, 3.63) is 46.2 Å². The second kappa shape index (κ2) is 4.85. The number of hydrogen-bond donors (Lipinski definition) is 0. The molecule has 16 heavy (non-hydrogen) atoms. The Morgan fingerprint density at radius 3 is 2.81 bits per heavy atom. The molecule has 0 aliphatic heterocycles. The van der Waals surface area contributed by atoms with Gasteiger partial charge >= 0.3 is 0 Å². The van der Waals surface area contributed by atoms with Crippen molar-refractivity contribution in [2.45, 2.75) is 19.9 Å².